The minimum absolute atomic E-state index is 0.001000. The van der Waals surface area contributed by atoms with Crippen LogP contribution in [0.5, 0.6) is 17.2 Å². The molecule has 35 heavy (non-hydrogen) atoms. The second-order valence-corrected chi connectivity index (χ2v) is 8.74. The zero-order chi connectivity index (χ0) is 24.8. The van der Waals surface area contributed by atoms with Crippen molar-refractivity contribution in [3.63, 3.8) is 0 Å². The maximum absolute atomic E-state index is 13.0. The second kappa shape index (κ2) is 11.4. The molecule has 10 heteroatoms. The molecule has 0 aliphatic carbocycles. The van der Waals surface area contributed by atoms with Gasteiger partial charge in [0.15, 0.2) is 11.5 Å². The second-order valence-electron chi connectivity index (χ2n) is 8.30. The fourth-order valence-electron chi connectivity index (χ4n) is 4.27. The van der Waals surface area contributed by atoms with Gasteiger partial charge >= 0.3 is 0 Å². The Balaban J connectivity index is 1.35. The van der Waals surface area contributed by atoms with E-state index in [0.29, 0.717) is 53.6 Å². The van der Waals surface area contributed by atoms with Crippen molar-refractivity contribution in [2.75, 3.05) is 34.4 Å². The minimum Gasteiger partial charge on any atom is -0.493 e. The molecule has 1 N–H and O–H groups in total. The zero-order valence-electron chi connectivity index (χ0n) is 20.0. The Morgan fingerprint density at radius 2 is 1.89 bits per heavy atom. The summed E-state index contributed by atoms with van der Waals surface area (Å²) < 4.78 is 21.7. The van der Waals surface area contributed by atoms with E-state index in [1.54, 1.807) is 39.5 Å². The summed E-state index contributed by atoms with van der Waals surface area (Å²) in [5.41, 5.74) is 1.65. The van der Waals surface area contributed by atoms with E-state index in [0.717, 1.165) is 30.5 Å². The predicted molar refractivity (Wildman–Crippen MR) is 131 cm³/mol. The molecule has 2 heterocycles. The van der Waals surface area contributed by atoms with Crippen molar-refractivity contribution >= 4 is 17.5 Å². The Labute approximate surface area is 209 Å². The molecule has 0 bridgehead atoms. The topological polar surface area (TPSA) is 99.0 Å². The third kappa shape index (κ3) is 5.86. The number of hydrogen-bond acceptors (Lipinski definition) is 8. The molecule has 1 fully saturated rings. The highest BCUT2D eigenvalue weighted by atomic mass is 35.5. The summed E-state index contributed by atoms with van der Waals surface area (Å²) >= 11 is 5.95. The van der Waals surface area contributed by atoms with Gasteiger partial charge < -0.3 is 24.1 Å². The fraction of sp³-hybridized carbons (Fsp3) is 0.400. The van der Waals surface area contributed by atoms with E-state index in [4.69, 9.17) is 30.3 Å². The molecule has 1 amide bonds. The van der Waals surface area contributed by atoms with Gasteiger partial charge in [-0.2, -0.15) is 4.98 Å². The van der Waals surface area contributed by atoms with Crippen LogP contribution in [0.2, 0.25) is 5.02 Å². The number of rotatable bonds is 9. The number of halogens is 1. The number of ether oxygens (including phenoxy) is 3. The minimum atomic E-state index is -0.131. The predicted octanol–water partition coefficient (Wildman–Crippen LogP) is 3.94. The Morgan fingerprint density at radius 1 is 1.11 bits per heavy atom. The maximum atomic E-state index is 13.0. The van der Waals surface area contributed by atoms with Gasteiger partial charge in [0.05, 0.1) is 33.8 Å². The van der Waals surface area contributed by atoms with Gasteiger partial charge in [0.2, 0.25) is 23.4 Å². The van der Waals surface area contributed by atoms with Crippen LogP contribution in [-0.4, -0.2) is 55.4 Å². The molecular formula is C25H29ClN4O5. The van der Waals surface area contributed by atoms with Crippen LogP contribution in [0.15, 0.2) is 40.9 Å². The number of amides is 1. The van der Waals surface area contributed by atoms with E-state index in [1.165, 1.54) is 0 Å². The average molecular weight is 501 g/mol. The summed E-state index contributed by atoms with van der Waals surface area (Å²) in [4.78, 5) is 19.6. The molecule has 4 rings (SSSR count). The van der Waals surface area contributed by atoms with Gasteiger partial charge in [0.25, 0.3) is 0 Å². The maximum Gasteiger partial charge on any atom is 0.241 e. The van der Waals surface area contributed by atoms with Crippen LogP contribution in [0.1, 0.15) is 24.3 Å². The summed E-state index contributed by atoms with van der Waals surface area (Å²) in [6.07, 6.45) is 1.74. The van der Waals surface area contributed by atoms with Gasteiger partial charge in [-0.3, -0.25) is 9.69 Å². The molecule has 0 radical (unpaired) electrons. The number of benzene rings is 2. The van der Waals surface area contributed by atoms with Crippen LogP contribution in [0, 0.1) is 5.92 Å². The van der Waals surface area contributed by atoms with Crippen LogP contribution in [0.4, 0.5) is 0 Å². The largest absolute Gasteiger partial charge is 0.493 e. The monoisotopic (exact) mass is 500 g/mol. The molecule has 1 aromatic heterocycles. The van der Waals surface area contributed by atoms with Crippen molar-refractivity contribution in [3.8, 4) is 28.6 Å². The van der Waals surface area contributed by atoms with Crippen molar-refractivity contribution in [1.29, 1.82) is 0 Å². The van der Waals surface area contributed by atoms with Crippen LogP contribution in [-0.2, 0) is 17.9 Å². The summed E-state index contributed by atoms with van der Waals surface area (Å²) in [6, 6.07) is 10.9. The molecular weight excluding hydrogens is 472 g/mol. The van der Waals surface area contributed by atoms with Gasteiger partial charge in [-0.15, -0.1) is 0 Å². The lowest BCUT2D eigenvalue weighted by Crippen LogP contribution is -2.42. The number of piperidine rings is 1. The number of carbonyl (C=O) groups is 1. The molecule has 0 spiro atoms. The first-order valence-corrected chi connectivity index (χ1v) is 11.8. The molecule has 1 aliphatic heterocycles. The highest BCUT2D eigenvalue weighted by molar-refractivity contribution is 6.30. The fourth-order valence-corrected chi connectivity index (χ4v) is 4.39. The van der Waals surface area contributed by atoms with Crippen molar-refractivity contribution in [3.05, 3.63) is 52.9 Å². The Hall–Kier alpha value is -3.30. The highest BCUT2D eigenvalue weighted by Gasteiger charge is 2.27. The smallest absolute Gasteiger partial charge is 0.241 e. The van der Waals surface area contributed by atoms with E-state index in [9.17, 15) is 4.79 Å². The summed E-state index contributed by atoms with van der Waals surface area (Å²) in [5.74, 6) is 2.53. The quantitative estimate of drug-likeness (QED) is 0.471. The average Bonchev–Trinajstić information content (AvgIpc) is 3.35. The molecule has 186 valence electrons. The number of likely N-dealkylation sites (tertiary alicyclic amines) is 1. The lowest BCUT2D eigenvalue weighted by atomic mass is 9.97. The van der Waals surface area contributed by atoms with Gasteiger partial charge in [-0.05, 0) is 55.8 Å². The summed E-state index contributed by atoms with van der Waals surface area (Å²) in [5, 5.41) is 7.77. The van der Waals surface area contributed by atoms with Gasteiger partial charge in [0, 0.05) is 29.2 Å². The summed E-state index contributed by atoms with van der Waals surface area (Å²) in [6.45, 7) is 2.31. The van der Waals surface area contributed by atoms with Crippen LogP contribution < -0.4 is 19.5 Å². The third-order valence-corrected chi connectivity index (χ3v) is 6.30. The number of methoxy groups -OCH3 is 3. The van der Waals surface area contributed by atoms with Crippen molar-refractivity contribution in [1.82, 2.24) is 20.4 Å². The number of aromatic nitrogens is 2. The zero-order valence-corrected chi connectivity index (χ0v) is 20.8. The SMILES string of the molecule is COc1ccc(CNC(=O)C2CCCN(Cc3nc(-c4ccc(Cl)cc4)no3)C2)c(OC)c1OC. The number of carbonyl (C=O) groups excluding carboxylic acids is 1. The lowest BCUT2D eigenvalue weighted by molar-refractivity contribution is -0.127. The molecule has 1 unspecified atom stereocenters. The first kappa shape index (κ1) is 24.8. The Morgan fingerprint density at radius 3 is 2.60 bits per heavy atom. The van der Waals surface area contributed by atoms with Crippen LogP contribution >= 0.6 is 11.6 Å². The normalized spacial score (nSPS) is 16.1. The summed E-state index contributed by atoms with van der Waals surface area (Å²) in [7, 11) is 4.69. The molecule has 3 aromatic rings. The van der Waals surface area contributed by atoms with Gasteiger partial charge in [0.1, 0.15) is 0 Å². The van der Waals surface area contributed by atoms with Crippen molar-refractivity contribution in [2.45, 2.75) is 25.9 Å². The van der Waals surface area contributed by atoms with Crippen molar-refractivity contribution < 1.29 is 23.5 Å². The van der Waals surface area contributed by atoms with Gasteiger partial charge in [-0.1, -0.05) is 16.8 Å². The Kier molecular flexibility index (Phi) is 8.09. The molecule has 0 saturated carbocycles. The Bertz CT molecular complexity index is 1150. The number of nitrogens with one attached hydrogen (secondary N) is 1. The molecule has 2 aromatic carbocycles. The number of nitrogens with zero attached hydrogens (tertiary/aromatic N) is 3. The van der Waals surface area contributed by atoms with Gasteiger partial charge in [-0.25, -0.2) is 0 Å². The van der Waals surface area contributed by atoms with Crippen LogP contribution in [0.3, 0.4) is 0 Å². The first-order valence-electron chi connectivity index (χ1n) is 11.4. The highest BCUT2D eigenvalue weighted by Crippen LogP contribution is 2.39. The molecule has 1 saturated heterocycles. The molecule has 9 nitrogen and oxygen atoms in total. The number of hydrogen-bond donors (Lipinski definition) is 1. The van der Waals surface area contributed by atoms with Crippen molar-refractivity contribution in [2.24, 2.45) is 5.92 Å². The van der Waals surface area contributed by atoms with E-state index in [2.05, 4.69) is 20.4 Å². The van der Waals surface area contributed by atoms with E-state index >= 15 is 0 Å². The standard InChI is InChI=1S/C25H29ClN4O5/c1-32-20-11-8-17(22(33-2)23(20)34-3)13-27-25(31)18-5-4-12-30(14-18)15-21-28-24(29-35-21)16-6-9-19(26)10-7-16/h6-11,18H,4-5,12-15H2,1-3H3,(H,27,31). The molecule has 1 aliphatic rings. The van der Waals surface area contributed by atoms with E-state index < -0.39 is 0 Å². The van der Waals surface area contributed by atoms with E-state index in [1.807, 2.05) is 18.2 Å². The van der Waals surface area contributed by atoms with E-state index in [-0.39, 0.29) is 11.8 Å². The third-order valence-electron chi connectivity index (χ3n) is 6.04. The van der Waals surface area contributed by atoms with Crippen LogP contribution in [0.25, 0.3) is 11.4 Å². The first-order chi connectivity index (χ1) is 17.0. The molecule has 1 atom stereocenters. The lowest BCUT2D eigenvalue weighted by Gasteiger charge is -2.31.